The number of carbonyl (C=O) groups is 1. The highest BCUT2D eigenvalue weighted by atomic mass is 16.3. The summed E-state index contributed by atoms with van der Waals surface area (Å²) in [6, 6.07) is 7.56. The number of carbonyl (C=O) groups excluding carboxylic acids is 1. The van der Waals surface area contributed by atoms with Crippen LogP contribution in [0.5, 0.6) is 0 Å². The Kier molecular flexibility index (Phi) is 5.01. The lowest BCUT2D eigenvalue weighted by Crippen LogP contribution is -2.45. The third-order valence-corrected chi connectivity index (χ3v) is 4.07. The molecule has 0 saturated heterocycles. The van der Waals surface area contributed by atoms with Crippen LogP contribution in [0.25, 0.3) is 0 Å². The minimum Gasteiger partial charge on any atom is -0.399 e. The van der Waals surface area contributed by atoms with Crippen LogP contribution in [0.3, 0.4) is 0 Å². The maximum atomic E-state index is 12.1. The molecular weight excluding hydrogens is 252 g/mol. The molecule has 0 aliphatic heterocycles. The summed E-state index contributed by atoms with van der Waals surface area (Å²) in [7, 11) is 0. The number of hydrogen-bond donors (Lipinski definition) is 3. The van der Waals surface area contributed by atoms with Gasteiger partial charge in [0.05, 0.1) is 12.1 Å². The zero-order valence-corrected chi connectivity index (χ0v) is 12.0. The van der Waals surface area contributed by atoms with Crippen molar-refractivity contribution in [3.05, 3.63) is 29.8 Å². The average Bonchev–Trinajstić information content (AvgIpc) is 2.42. The van der Waals surface area contributed by atoms with Crippen LogP contribution >= 0.6 is 0 Å². The van der Waals surface area contributed by atoms with Gasteiger partial charge in [-0.05, 0) is 36.5 Å². The third kappa shape index (κ3) is 3.97. The van der Waals surface area contributed by atoms with Gasteiger partial charge < -0.3 is 16.2 Å². The first-order chi connectivity index (χ1) is 9.56. The summed E-state index contributed by atoms with van der Waals surface area (Å²) in [4.78, 5) is 12.1. The fourth-order valence-electron chi connectivity index (χ4n) is 2.77. The van der Waals surface area contributed by atoms with Crippen LogP contribution in [0, 0.1) is 0 Å². The Hall–Kier alpha value is -1.55. The number of amides is 1. The lowest BCUT2D eigenvalue weighted by Gasteiger charge is -2.28. The van der Waals surface area contributed by atoms with E-state index in [2.05, 4.69) is 5.32 Å². The minimum atomic E-state index is -0.389. The van der Waals surface area contributed by atoms with Gasteiger partial charge in [-0.1, -0.05) is 31.9 Å². The summed E-state index contributed by atoms with van der Waals surface area (Å²) in [6.45, 7) is 2.03. The summed E-state index contributed by atoms with van der Waals surface area (Å²) >= 11 is 0. The number of anilines is 1. The molecule has 1 aromatic rings. The second-order valence-electron chi connectivity index (χ2n) is 5.80. The zero-order chi connectivity index (χ0) is 14.5. The van der Waals surface area contributed by atoms with Crippen molar-refractivity contribution in [2.75, 3.05) is 5.73 Å². The van der Waals surface area contributed by atoms with Crippen molar-refractivity contribution >= 4 is 11.6 Å². The summed E-state index contributed by atoms with van der Waals surface area (Å²) < 4.78 is 0. The Morgan fingerprint density at radius 3 is 2.65 bits per heavy atom. The number of rotatable bonds is 4. The maximum absolute atomic E-state index is 12.1. The zero-order valence-electron chi connectivity index (χ0n) is 12.0. The molecule has 3 atom stereocenters. The van der Waals surface area contributed by atoms with Gasteiger partial charge in [-0.15, -0.1) is 0 Å². The third-order valence-electron chi connectivity index (χ3n) is 4.07. The summed E-state index contributed by atoms with van der Waals surface area (Å²) in [5, 5.41) is 12.8. The lowest BCUT2D eigenvalue weighted by atomic mass is 9.92. The van der Waals surface area contributed by atoms with Crippen LogP contribution in [-0.4, -0.2) is 23.2 Å². The molecule has 4 N–H and O–H groups in total. The largest absolute Gasteiger partial charge is 0.399 e. The van der Waals surface area contributed by atoms with Gasteiger partial charge in [-0.25, -0.2) is 0 Å². The standard InChI is InChI=1S/C16H24N2O2/c1-11(12-6-8-13(17)9-7-12)10-16(20)18-14-4-2-3-5-15(14)19/h6-9,11,14-15,19H,2-5,10,17H2,1H3,(H,18,20)/t11?,14-,15-/m1/s1. The van der Waals surface area contributed by atoms with Crippen molar-refractivity contribution in [3.63, 3.8) is 0 Å². The number of hydrogen-bond acceptors (Lipinski definition) is 3. The molecule has 110 valence electrons. The Morgan fingerprint density at radius 1 is 1.35 bits per heavy atom. The lowest BCUT2D eigenvalue weighted by molar-refractivity contribution is -0.123. The molecule has 0 aromatic heterocycles. The SMILES string of the molecule is CC(CC(=O)N[C@@H]1CCCC[C@H]1O)c1ccc(N)cc1. The normalized spacial score (nSPS) is 24.1. The smallest absolute Gasteiger partial charge is 0.220 e. The highest BCUT2D eigenvalue weighted by molar-refractivity contribution is 5.77. The molecule has 1 saturated carbocycles. The predicted octanol–water partition coefficient (Wildman–Crippen LogP) is 2.18. The average molecular weight is 276 g/mol. The van der Waals surface area contributed by atoms with E-state index in [1.807, 2.05) is 31.2 Å². The Balaban J connectivity index is 1.85. The molecule has 0 heterocycles. The summed E-state index contributed by atoms with van der Waals surface area (Å²) in [5.74, 6) is 0.164. The highest BCUT2D eigenvalue weighted by Crippen LogP contribution is 2.22. The van der Waals surface area contributed by atoms with Crippen LogP contribution in [0.4, 0.5) is 5.69 Å². The van der Waals surface area contributed by atoms with Crippen LogP contribution < -0.4 is 11.1 Å². The molecule has 20 heavy (non-hydrogen) atoms. The minimum absolute atomic E-state index is 0.0141. The van der Waals surface area contributed by atoms with E-state index in [9.17, 15) is 9.90 Å². The molecule has 2 rings (SSSR count). The van der Waals surface area contributed by atoms with Crippen molar-refractivity contribution < 1.29 is 9.90 Å². The van der Waals surface area contributed by atoms with E-state index in [1.165, 1.54) is 0 Å². The predicted molar refractivity (Wildman–Crippen MR) is 80.3 cm³/mol. The van der Waals surface area contributed by atoms with Crippen molar-refractivity contribution in [3.8, 4) is 0 Å². The first-order valence-corrected chi connectivity index (χ1v) is 7.39. The monoisotopic (exact) mass is 276 g/mol. The molecule has 1 aliphatic rings. The molecule has 1 fully saturated rings. The summed E-state index contributed by atoms with van der Waals surface area (Å²) in [6.07, 6.45) is 3.85. The van der Waals surface area contributed by atoms with Crippen LogP contribution in [0.15, 0.2) is 24.3 Å². The molecule has 1 unspecified atom stereocenters. The molecule has 0 spiro atoms. The molecule has 1 aliphatic carbocycles. The van der Waals surface area contributed by atoms with Crippen molar-refractivity contribution in [1.82, 2.24) is 5.32 Å². The Morgan fingerprint density at radius 2 is 2.00 bits per heavy atom. The molecule has 1 amide bonds. The fraction of sp³-hybridized carbons (Fsp3) is 0.562. The molecule has 4 nitrogen and oxygen atoms in total. The van der Waals surface area contributed by atoms with Crippen LogP contribution in [0.2, 0.25) is 0 Å². The Labute approximate surface area is 120 Å². The number of nitrogens with one attached hydrogen (secondary N) is 1. The van der Waals surface area contributed by atoms with E-state index in [0.717, 1.165) is 36.9 Å². The molecule has 0 radical (unpaired) electrons. The molecule has 4 heteroatoms. The quantitative estimate of drug-likeness (QED) is 0.738. The number of nitrogens with two attached hydrogens (primary N) is 1. The van der Waals surface area contributed by atoms with Crippen molar-refractivity contribution in [1.29, 1.82) is 0 Å². The molecule has 1 aromatic carbocycles. The second-order valence-corrected chi connectivity index (χ2v) is 5.80. The second kappa shape index (κ2) is 6.75. The summed E-state index contributed by atoms with van der Waals surface area (Å²) in [5.41, 5.74) is 7.50. The maximum Gasteiger partial charge on any atom is 0.220 e. The van der Waals surface area contributed by atoms with E-state index in [0.29, 0.717) is 6.42 Å². The highest BCUT2D eigenvalue weighted by Gasteiger charge is 2.24. The molecular formula is C16H24N2O2. The van der Waals surface area contributed by atoms with Gasteiger partial charge in [0.25, 0.3) is 0 Å². The topological polar surface area (TPSA) is 75.3 Å². The number of nitrogen functional groups attached to an aromatic ring is 1. The van der Waals surface area contributed by atoms with Gasteiger partial charge in [-0.3, -0.25) is 4.79 Å². The van der Waals surface area contributed by atoms with Crippen LogP contribution in [0.1, 0.15) is 50.5 Å². The van der Waals surface area contributed by atoms with Crippen molar-refractivity contribution in [2.45, 2.75) is 57.1 Å². The first-order valence-electron chi connectivity index (χ1n) is 7.39. The first kappa shape index (κ1) is 14.9. The fourth-order valence-corrected chi connectivity index (χ4v) is 2.77. The van der Waals surface area contributed by atoms with E-state index in [4.69, 9.17) is 5.73 Å². The van der Waals surface area contributed by atoms with Gasteiger partial charge in [-0.2, -0.15) is 0 Å². The van der Waals surface area contributed by atoms with Gasteiger partial charge in [0.2, 0.25) is 5.91 Å². The van der Waals surface area contributed by atoms with Gasteiger partial charge >= 0.3 is 0 Å². The van der Waals surface area contributed by atoms with Crippen LogP contribution in [-0.2, 0) is 4.79 Å². The van der Waals surface area contributed by atoms with Gasteiger partial charge in [0.1, 0.15) is 0 Å². The van der Waals surface area contributed by atoms with E-state index < -0.39 is 0 Å². The number of aliphatic hydroxyl groups is 1. The number of benzene rings is 1. The van der Waals surface area contributed by atoms with E-state index in [-0.39, 0.29) is 24.0 Å². The molecule has 0 bridgehead atoms. The van der Waals surface area contributed by atoms with Gasteiger partial charge in [0.15, 0.2) is 0 Å². The van der Waals surface area contributed by atoms with Crippen molar-refractivity contribution in [2.24, 2.45) is 0 Å². The Bertz CT molecular complexity index is 444. The van der Waals surface area contributed by atoms with E-state index in [1.54, 1.807) is 0 Å². The van der Waals surface area contributed by atoms with E-state index >= 15 is 0 Å². The number of aliphatic hydroxyl groups excluding tert-OH is 1. The van der Waals surface area contributed by atoms with Gasteiger partial charge in [0, 0.05) is 12.1 Å².